The van der Waals surface area contributed by atoms with Gasteiger partial charge in [0.15, 0.2) is 11.5 Å². The van der Waals surface area contributed by atoms with E-state index < -0.39 is 0 Å². The van der Waals surface area contributed by atoms with Gasteiger partial charge in [0, 0.05) is 19.2 Å². The zero-order valence-electron chi connectivity index (χ0n) is 15.1. The fourth-order valence-electron chi connectivity index (χ4n) is 2.36. The zero-order chi connectivity index (χ0) is 17.4. The minimum atomic E-state index is -0.0522. The number of rotatable bonds is 9. The van der Waals surface area contributed by atoms with E-state index in [9.17, 15) is 4.79 Å². The summed E-state index contributed by atoms with van der Waals surface area (Å²) in [6.45, 7) is 12.0. The van der Waals surface area contributed by atoms with Gasteiger partial charge in [-0.1, -0.05) is 13.8 Å². The molecule has 130 valence electrons. The Bertz CT molecular complexity index is 487. The van der Waals surface area contributed by atoms with Crippen LogP contribution in [0.1, 0.15) is 45.0 Å². The van der Waals surface area contributed by atoms with Crippen LogP contribution >= 0.6 is 0 Å². The molecule has 23 heavy (non-hydrogen) atoms. The van der Waals surface area contributed by atoms with Crippen LogP contribution in [-0.2, 0) is 0 Å². The highest BCUT2D eigenvalue weighted by Gasteiger charge is 2.20. The molecule has 0 atom stereocenters. The van der Waals surface area contributed by atoms with Crippen LogP contribution in [-0.4, -0.2) is 44.2 Å². The molecule has 0 radical (unpaired) electrons. The minimum absolute atomic E-state index is 0.0522. The highest BCUT2D eigenvalue weighted by atomic mass is 16.5. The lowest BCUT2D eigenvalue weighted by Gasteiger charge is -2.21. The second-order valence-corrected chi connectivity index (χ2v) is 5.68. The number of carbonyl (C=O) groups is 1. The SMILES string of the molecule is CCOc1cc(C(=O)N(C)CC(C)C)cc(OCC)c1OCC. The third-order valence-corrected chi connectivity index (χ3v) is 3.14. The molecule has 0 aliphatic rings. The molecular formula is C18H29NO4. The smallest absolute Gasteiger partial charge is 0.253 e. The average molecular weight is 323 g/mol. The highest BCUT2D eigenvalue weighted by Crippen LogP contribution is 2.39. The van der Waals surface area contributed by atoms with Gasteiger partial charge in [0.2, 0.25) is 5.75 Å². The van der Waals surface area contributed by atoms with Crippen molar-refractivity contribution in [3.63, 3.8) is 0 Å². The van der Waals surface area contributed by atoms with Crippen molar-refractivity contribution in [3.8, 4) is 17.2 Å². The maximum absolute atomic E-state index is 12.6. The van der Waals surface area contributed by atoms with Gasteiger partial charge in [-0.05, 0) is 38.8 Å². The summed E-state index contributed by atoms with van der Waals surface area (Å²) < 4.78 is 17.0. The molecule has 1 aromatic rings. The number of benzene rings is 1. The van der Waals surface area contributed by atoms with Crippen LogP contribution in [0.3, 0.4) is 0 Å². The van der Waals surface area contributed by atoms with Crippen molar-refractivity contribution >= 4 is 5.91 Å². The predicted molar refractivity (Wildman–Crippen MR) is 91.7 cm³/mol. The third kappa shape index (κ3) is 5.34. The lowest BCUT2D eigenvalue weighted by atomic mass is 10.1. The van der Waals surface area contributed by atoms with Crippen LogP contribution in [0.15, 0.2) is 12.1 Å². The molecule has 0 saturated heterocycles. The Morgan fingerprint density at radius 3 is 1.87 bits per heavy atom. The third-order valence-electron chi connectivity index (χ3n) is 3.14. The van der Waals surface area contributed by atoms with Crippen molar-refractivity contribution < 1.29 is 19.0 Å². The monoisotopic (exact) mass is 323 g/mol. The molecule has 0 aliphatic carbocycles. The molecule has 0 heterocycles. The molecule has 0 N–H and O–H groups in total. The second-order valence-electron chi connectivity index (χ2n) is 5.68. The first-order valence-electron chi connectivity index (χ1n) is 8.26. The summed E-state index contributed by atoms with van der Waals surface area (Å²) in [6.07, 6.45) is 0. The van der Waals surface area contributed by atoms with Gasteiger partial charge in [-0.2, -0.15) is 0 Å². The molecule has 0 fully saturated rings. The molecule has 0 spiro atoms. The Balaban J connectivity index is 3.24. The summed E-state index contributed by atoms with van der Waals surface area (Å²) in [6, 6.07) is 3.46. The summed E-state index contributed by atoms with van der Waals surface area (Å²) in [5.74, 6) is 2.00. The number of nitrogens with zero attached hydrogens (tertiary/aromatic N) is 1. The van der Waals surface area contributed by atoms with Crippen LogP contribution in [0.25, 0.3) is 0 Å². The summed E-state index contributed by atoms with van der Waals surface area (Å²) in [4.78, 5) is 14.4. The molecule has 0 saturated carbocycles. The maximum Gasteiger partial charge on any atom is 0.253 e. The summed E-state index contributed by atoms with van der Waals surface area (Å²) in [5, 5.41) is 0. The van der Waals surface area contributed by atoms with Crippen LogP contribution in [0.5, 0.6) is 17.2 Å². The first kappa shape index (κ1) is 19.1. The Kier molecular flexibility index (Phi) is 7.72. The molecule has 0 bridgehead atoms. The number of hydrogen-bond donors (Lipinski definition) is 0. The summed E-state index contributed by atoms with van der Waals surface area (Å²) >= 11 is 0. The Morgan fingerprint density at radius 1 is 1.00 bits per heavy atom. The van der Waals surface area contributed by atoms with Crippen LogP contribution < -0.4 is 14.2 Å². The van der Waals surface area contributed by atoms with Gasteiger partial charge in [0.05, 0.1) is 19.8 Å². The number of hydrogen-bond acceptors (Lipinski definition) is 4. The van der Waals surface area contributed by atoms with E-state index in [1.165, 1.54) is 0 Å². The van der Waals surface area contributed by atoms with Gasteiger partial charge < -0.3 is 19.1 Å². The van der Waals surface area contributed by atoms with Gasteiger partial charge >= 0.3 is 0 Å². The fraction of sp³-hybridized carbons (Fsp3) is 0.611. The van der Waals surface area contributed by atoms with Crippen molar-refractivity contribution in [1.29, 1.82) is 0 Å². The quantitative estimate of drug-likeness (QED) is 0.696. The molecule has 5 nitrogen and oxygen atoms in total. The first-order chi connectivity index (χ1) is 10.9. The standard InChI is InChI=1S/C18H29NO4/c1-7-21-15-10-14(18(20)19(6)12-13(4)5)11-16(22-8-2)17(15)23-9-3/h10-11,13H,7-9,12H2,1-6H3. The number of amides is 1. The van der Waals surface area contributed by atoms with Gasteiger partial charge in [0.1, 0.15) is 0 Å². The summed E-state index contributed by atoms with van der Waals surface area (Å²) in [7, 11) is 1.81. The largest absolute Gasteiger partial charge is 0.490 e. The highest BCUT2D eigenvalue weighted by molar-refractivity contribution is 5.95. The minimum Gasteiger partial charge on any atom is -0.490 e. The number of carbonyl (C=O) groups excluding carboxylic acids is 1. The van der Waals surface area contributed by atoms with Crippen molar-refractivity contribution in [3.05, 3.63) is 17.7 Å². The second kappa shape index (κ2) is 9.28. The van der Waals surface area contributed by atoms with E-state index >= 15 is 0 Å². The van der Waals surface area contributed by atoms with Gasteiger partial charge in [-0.15, -0.1) is 0 Å². The molecule has 5 heteroatoms. The molecule has 1 amide bonds. The lowest BCUT2D eigenvalue weighted by Crippen LogP contribution is -2.30. The molecule has 1 rings (SSSR count). The van der Waals surface area contributed by atoms with Crippen molar-refractivity contribution in [2.24, 2.45) is 5.92 Å². The van der Waals surface area contributed by atoms with Gasteiger partial charge in [-0.25, -0.2) is 0 Å². The maximum atomic E-state index is 12.6. The Morgan fingerprint density at radius 2 is 1.48 bits per heavy atom. The average Bonchev–Trinajstić information content (AvgIpc) is 2.49. The van der Waals surface area contributed by atoms with E-state index in [0.29, 0.717) is 55.1 Å². The molecule has 0 aliphatic heterocycles. The van der Waals surface area contributed by atoms with Gasteiger partial charge in [0.25, 0.3) is 5.91 Å². The molecule has 0 unspecified atom stereocenters. The fourth-order valence-corrected chi connectivity index (χ4v) is 2.36. The number of ether oxygens (including phenoxy) is 3. The molecular weight excluding hydrogens is 294 g/mol. The van der Waals surface area contributed by atoms with Crippen LogP contribution in [0, 0.1) is 5.92 Å². The molecule has 1 aromatic carbocycles. The van der Waals surface area contributed by atoms with E-state index in [-0.39, 0.29) is 5.91 Å². The van der Waals surface area contributed by atoms with Crippen molar-refractivity contribution in [2.75, 3.05) is 33.4 Å². The Hall–Kier alpha value is -1.91. The van der Waals surface area contributed by atoms with Gasteiger partial charge in [-0.3, -0.25) is 4.79 Å². The normalized spacial score (nSPS) is 10.6. The Labute approximate surface area is 139 Å². The van der Waals surface area contributed by atoms with Crippen molar-refractivity contribution in [1.82, 2.24) is 4.90 Å². The topological polar surface area (TPSA) is 48.0 Å². The van der Waals surface area contributed by atoms with Crippen LogP contribution in [0.2, 0.25) is 0 Å². The summed E-state index contributed by atoms with van der Waals surface area (Å²) in [5.41, 5.74) is 0.545. The lowest BCUT2D eigenvalue weighted by molar-refractivity contribution is 0.0778. The van der Waals surface area contributed by atoms with E-state index in [0.717, 1.165) is 0 Å². The van der Waals surface area contributed by atoms with E-state index in [1.54, 1.807) is 24.1 Å². The van der Waals surface area contributed by atoms with Crippen LogP contribution in [0.4, 0.5) is 0 Å². The van der Waals surface area contributed by atoms with E-state index in [2.05, 4.69) is 13.8 Å². The van der Waals surface area contributed by atoms with E-state index in [1.807, 2.05) is 20.8 Å². The van der Waals surface area contributed by atoms with E-state index in [4.69, 9.17) is 14.2 Å². The van der Waals surface area contributed by atoms with Crippen molar-refractivity contribution in [2.45, 2.75) is 34.6 Å². The molecule has 0 aromatic heterocycles. The first-order valence-corrected chi connectivity index (χ1v) is 8.26. The zero-order valence-corrected chi connectivity index (χ0v) is 15.1. The predicted octanol–water partition coefficient (Wildman–Crippen LogP) is 3.61.